The average molecular weight is 210 g/mol. The summed E-state index contributed by atoms with van der Waals surface area (Å²) in [6.07, 6.45) is 8.04. The lowest BCUT2D eigenvalue weighted by molar-refractivity contribution is -0.137. The van der Waals surface area contributed by atoms with Crippen LogP contribution in [0, 0.1) is 11.8 Å². The molecular formula is C13H22O2. The molecule has 0 amide bonds. The van der Waals surface area contributed by atoms with Crippen LogP contribution >= 0.6 is 0 Å². The molecule has 0 saturated heterocycles. The van der Waals surface area contributed by atoms with E-state index in [0.717, 1.165) is 12.8 Å². The second kappa shape index (κ2) is 8.27. The maximum absolute atomic E-state index is 10.8. The normalized spacial score (nSPS) is 14.9. The van der Waals surface area contributed by atoms with Gasteiger partial charge in [0, 0.05) is 6.42 Å². The molecule has 0 aromatic carbocycles. The molecule has 2 nitrogen and oxygen atoms in total. The van der Waals surface area contributed by atoms with Crippen LogP contribution in [-0.4, -0.2) is 5.97 Å². The Morgan fingerprint density at radius 1 is 1.33 bits per heavy atom. The predicted molar refractivity (Wildman–Crippen MR) is 63.3 cm³/mol. The number of ether oxygens (including phenoxy) is 1. The smallest absolute Gasteiger partial charge is 0.310 e. The lowest BCUT2D eigenvalue weighted by atomic mass is 9.98. The number of carbonyl (C=O) groups is 1. The van der Waals surface area contributed by atoms with E-state index >= 15 is 0 Å². The van der Waals surface area contributed by atoms with Crippen molar-refractivity contribution >= 4 is 5.97 Å². The van der Waals surface area contributed by atoms with Gasteiger partial charge in [-0.2, -0.15) is 0 Å². The SMILES string of the molecule is C=CC(C)CCC(C)/C=C/OC(=O)CC. The highest BCUT2D eigenvalue weighted by Gasteiger charge is 2.01. The first-order chi connectivity index (χ1) is 7.10. The molecular weight excluding hydrogens is 188 g/mol. The largest absolute Gasteiger partial charge is 0.435 e. The standard InChI is InChI=1S/C13H22O2/c1-5-11(3)7-8-12(4)9-10-15-13(14)6-2/h5,9-12H,1,6-8H2,2-4H3/b10-9+. The van der Waals surface area contributed by atoms with E-state index in [0.29, 0.717) is 18.3 Å². The fourth-order valence-corrected chi connectivity index (χ4v) is 1.07. The van der Waals surface area contributed by atoms with E-state index in [9.17, 15) is 4.79 Å². The van der Waals surface area contributed by atoms with Gasteiger partial charge < -0.3 is 4.74 Å². The Hall–Kier alpha value is -1.05. The van der Waals surface area contributed by atoms with E-state index in [1.807, 2.05) is 12.2 Å². The zero-order valence-electron chi connectivity index (χ0n) is 10.0. The second-order valence-electron chi connectivity index (χ2n) is 3.94. The molecule has 0 radical (unpaired) electrons. The monoisotopic (exact) mass is 210 g/mol. The maximum Gasteiger partial charge on any atom is 0.310 e. The Bertz CT molecular complexity index is 219. The van der Waals surface area contributed by atoms with Crippen molar-refractivity contribution in [3.05, 3.63) is 25.0 Å². The second-order valence-corrected chi connectivity index (χ2v) is 3.94. The van der Waals surface area contributed by atoms with Gasteiger partial charge >= 0.3 is 5.97 Å². The fraction of sp³-hybridized carbons (Fsp3) is 0.615. The van der Waals surface area contributed by atoms with Crippen molar-refractivity contribution in [2.75, 3.05) is 0 Å². The first kappa shape index (κ1) is 13.9. The van der Waals surface area contributed by atoms with Crippen LogP contribution in [0.5, 0.6) is 0 Å². The number of carbonyl (C=O) groups excluding carboxylic acids is 1. The number of allylic oxidation sites excluding steroid dienone is 2. The Labute approximate surface area is 93.0 Å². The molecule has 0 N–H and O–H groups in total. The molecule has 0 aromatic heterocycles. The molecule has 0 aliphatic carbocycles. The Balaban J connectivity index is 3.68. The summed E-state index contributed by atoms with van der Waals surface area (Å²) in [5, 5.41) is 0. The highest BCUT2D eigenvalue weighted by molar-refractivity contribution is 5.69. The summed E-state index contributed by atoms with van der Waals surface area (Å²) in [5.41, 5.74) is 0. The topological polar surface area (TPSA) is 26.3 Å². The van der Waals surface area contributed by atoms with Crippen LogP contribution in [0.15, 0.2) is 25.0 Å². The molecule has 0 fully saturated rings. The minimum absolute atomic E-state index is 0.182. The molecule has 0 rings (SSSR count). The Morgan fingerprint density at radius 3 is 2.47 bits per heavy atom. The van der Waals surface area contributed by atoms with Crippen LogP contribution < -0.4 is 0 Å². The third kappa shape index (κ3) is 7.98. The zero-order chi connectivity index (χ0) is 11.7. The van der Waals surface area contributed by atoms with Crippen LogP contribution in [0.25, 0.3) is 0 Å². The molecule has 2 heteroatoms. The van der Waals surface area contributed by atoms with Crippen molar-refractivity contribution in [3.8, 4) is 0 Å². The lowest BCUT2D eigenvalue weighted by Gasteiger charge is -2.08. The minimum Gasteiger partial charge on any atom is -0.435 e. The van der Waals surface area contributed by atoms with Crippen LogP contribution in [0.4, 0.5) is 0 Å². The van der Waals surface area contributed by atoms with Crippen molar-refractivity contribution in [2.45, 2.75) is 40.0 Å². The Morgan fingerprint density at radius 2 is 1.93 bits per heavy atom. The number of hydrogen-bond donors (Lipinski definition) is 0. The molecule has 15 heavy (non-hydrogen) atoms. The molecule has 0 aliphatic heterocycles. The molecule has 0 aromatic rings. The van der Waals surface area contributed by atoms with Gasteiger partial charge in [0.05, 0.1) is 6.26 Å². The molecule has 0 saturated carbocycles. The van der Waals surface area contributed by atoms with Crippen molar-refractivity contribution < 1.29 is 9.53 Å². The summed E-state index contributed by atoms with van der Waals surface area (Å²) < 4.78 is 4.86. The maximum atomic E-state index is 10.8. The molecule has 0 bridgehead atoms. The van der Waals surface area contributed by atoms with Crippen LogP contribution in [0.2, 0.25) is 0 Å². The Kier molecular flexibility index (Phi) is 7.69. The van der Waals surface area contributed by atoms with Gasteiger partial charge in [-0.15, -0.1) is 6.58 Å². The van der Waals surface area contributed by atoms with Crippen molar-refractivity contribution in [3.63, 3.8) is 0 Å². The van der Waals surface area contributed by atoms with Gasteiger partial charge in [0.25, 0.3) is 0 Å². The van der Waals surface area contributed by atoms with Crippen LogP contribution in [-0.2, 0) is 9.53 Å². The summed E-state index contributed by atoms with van der Waals surface area (Å²) in [7, 11) is 0. The molecule has 0 aliphatic rings. The average Bonchev–Trinajstić information content (AvgIpc) is 2.25. The quantitative estimate of drug-likeness (QED) is 0.364. The van der Waals surface area contributed by atoms with E-state index in [1.54, 1.807) is 6.92 Å². The molecule has 0 spiro atoms. The third-order valence-electron chi connectivity index (χ3n) is 2.37. The highest BCUT2D eigenvalue weighted by atomic mass is 16.5. The lowest BCUT2D eigenvalue weighted by Crippen LogP contribution is -1.98. The zero-order valence-corrected chi connectivity index (χ0v) is 10.0. The first-order valence-corrected chi connectivity index (χ1v) is 5.58. The minimum atomic E-state index is -0.182. The molecule has 86 valence electrons. The van der Waals surface area contributed by atoms with Crippen LogP contribution in [0.3, 0.4) is 0 Å². The molecule has 2 unspecified atom stereocenters. The van der Waals surface area contributed by atoms with E-state index in [1.165, 1.54) is 6.26 Å². The highest BCUT2D eigenvalue weighted by Crippen LogP contribution is 2.13. The van der Waals surface area contributed by atoms with Crippen molar-refractivity contribution in [2.24, 2.45) is 11.8 Å². The van der Waals surface area contributed by atoms with E-state index in [2.05, 4.69) is 20.4 Å². The predicted octanol–water partition coefficient (Wildman–Crippen LogP) is 3.69. The van der Waals surface area contributed by atoms with Gasteiger partial charge in [-0.25, -0.2) is 0 Å². The van der Waals surface area contributed by atoms with E-state index in [-0.39, 0.29) is 5.97 Å². The van der Waals surface area contributed by atoms with Crippen LogP contribution in [0.1, 0.15) is 40.0 Å². The summed E-state index contributed by atoms with van der Waals surface area (Å²) in [5.74, 6) is 0.814. The van der Waals surface area contributed by atoms with E-state index < -0.39 is 0 Å². The van der Waals surface area contributed by atoms with Gasteiger partial charge in [-0.3, -0.25) is 4.79 Å². The summed E-state index contributed by atoms with van der Waals surface area (Å²) >= 11 is 0. The fourth-order valence-electron chi connectivity index (χ4n) is 1.07. The number of rotatable bonds is 7. The summed E-state index contributed by atoms with van der Waals surface area (Å²) in [4.78, 5) is 10.8. The van der Waals surface area contributed by atoms with E-state index in [4.69, 9.17) is 4.74 Å². The summed E-state index contributed by atoms with van der Waals surface area (Å²) in [6, 6.07) is 0. The van der Waals surface area contributed by atoms with Gasteiger partial charge in [-0.1, -0.05) is 26.8 Å². The number of hydrogen-bond acceptors (Lipinski definition) is 2. The van der Waals surface area contributed by atoms with Gasteiger partial charge in [0.15, 0.2) is 0 Å². The van der Waals surface area contributed by atoms with Gasteiger partial charge in [0.1, 0.15) is 0 Å². The number of esters is 1. The van der Waals surface area contributed by atoms with Gasteiger partial charge in [-0.05, 0) is 30.8 Å². The first-order valence-electron chi connectivity index (χ1n) is 5.58. The van der Waals surface area contributed by atoms with Gasteiger partial charge in [0.2, 0.25) is 0 Å². The molecule has 0 heterocycles. The third-order valence-corrected chi connectivity index (χ3v) is 2.37. The van der Waals surface area contributed by atoms with Crippen molar-refractivity contribution in [1.29, 1.82) is 0 Å². The molecule has 2 atom stereocenters. The summed E-state index contributed by atoms with van der Waals surface area (Å²) in [6.45, 7) is 9.80. The van der Waals surface area contributed by atoms with Crippen molar-refractivity contribution in [1.82, 2.24) is 0 Å².